The number of hydrogen-bond acceptors (Lipinski definition) is 3. The zero-order valence-corrected chi connectivity index (χ0v) is 14.0. The van der Waals surface area contributed by atoms with Crippen LogP contribution in [0.3, 0.4) is 0 Å². The number of amides is 1. The summed E-state index contributed by atoms with van der Waals surface area (Å²) in [6, 6.07) is 7.57. The first-order valence-corrected chi connectivity index (χ1v) is 8.35. The molecule has 1 aromatic heterocycles. The van der Waals surface area contributed by atoms with Gasteiger partial charge in [0.1, 0.15) is 10.6 Å². The molecule has 0 saturated heterocycles. The maximum absolute atomic E-state index is 12.1. The van der Waals surface area contributed by atoms with E-state index in [1.54, 1.807) is 36.0 Å². The molecule has 1 heterocycles. The first-order valence-electron chi connectivity index (χ1n) is 5.70. The van der Waals surface area contributed by atoms with E-state index in [0.717, 1.165) is 0 Å². The van der Waals surface area contributed by atoms with Crippen LogP contribution in [0.4, 0.5) is 0 Å². The Morgan fingerprint density at radius 1 is 1.33 bits per heavy atom. The summed E-state index contributed by atoms with van der Waals surface area (Å²) in [7, 11) is -2.28. The van der Waals surface area contributed by atoms with Gasteiger partial charge in [-0.05, 0) is 30.3 Å². The molecular weight excluding hydrogens is 382 g/mol. The van der Waals surface area contributed by atoms with Gasteiger partial charge in [-0.1, -0.05) is 27.5 Å². The number of nitrogens with zero attached hydrogens (tertiary/aromatic N) is 1. The molecule has 2 aromatic rings. The highest BCUT2D eigenvalue weighted by molar-refractivity contribution is 9.10. The number of carbonyl (C=O) groups excluding carboxylic acids is 1. The summed E-state index contributed by atoms with van der Waals surface area (Å²) >= 11 is 9.08. The maximum atomic E-state index is 12.1. The Balaban J connectivity index is 2.15. The van der Waals surface area contributed by atoms with Crippen molar-refractivity contribution >= 4 is 43.5 Å². The number of hydrogen-bond donors (Lipinski definition) is 2. The molecule has 0 aliphatic rings. The van der Waals surface area contributed by atoms with Gasteiger partial charge in [-0.2, -0.15) is 0 Å². The van der Waals surface area contributed by atoms with Gasteiger partial charge >= 0.3 is 0 Å². The van der Waals surface area contributed by atoms with Crippen LogP contribution in [0.15, 0.2) is 45.9 Å². The number of nitrogens with one attached hydrogen (secondary N) is 2. The number of aryl methyl sites for hydroxylation is 1. The van der Waals surface area contributed by atoms with Crippen molar-refractivity contribution in [2.75, 3.05) is 0 Å². The van der Waals surface area contributed by atoms with E-state index in [1.165, 1.54) is 12.1 Å². The van der Waals surface area contributed by atoms with Gasteiger partial charge in [-0.3, -0.25) is 10.2 Å². The lowest BCUT2D eigenvalue weighted by Crippen LogP contribution is -2.42. The zero-order chi connectivity index (χ0) is 15.6. The second-order valence-electron chi connectivity index (χ2n) is 4.14. The van der Waals surface area contributed by atoms with Gasteiger partial charge in [0.05, 0.1) is 5.02 Å². The minimum Gasteiger partial charge on any atom is -0.347 e. The van der Waals surface area contributed by atoms with Crippen LogP contribution in [-0.2, 0) is 17.1 Å². The fourth-order valence-corrected chi connectivity index (χ4v) is 3.50. The minimum atomic E-state index is -3.95. The van der Waals surface area contributed by atoms with Gasteiger partial charge < -0.3 is 4.57 Å². The standard InChI is InChI=1S/C12H11BrClN3O3S/c1-17-6-2-3-10(17)12(18)15-16-21(19,20)11-5-4-8(13)7-9(11)14/h2-7,16H,1H3,(H,15,18). The Kier molecular flexibility index (Phi) is 4.72. The summed E-state index contributed by atoms with van der Waals surface area (Å²) in [5, 5.41) is 0.0463. The van der Waals surface area contributed by atoms with E-state index in [0.29, 0.717) is 10.2 Å². The number of halogens is 2. The molecule has 0 atom stereocenters. The highest BCUT2D eigenvalue weighted by Gasteiger charge is 2.19. The van der Waals surface area contributed by atoms with Crippen LogP contribution in [-0.4, -0.2) is 18.9 Å². The van der Waals surface area contributed by atoms with E-state index in [1.807, 2.05) is 4.83 Å². The van der Waals surface area contributed by atoms with Crippen molar-refractivity contribution in [3.05, 3.63) is 51.7 Å². The highest BCUT2D eigenvalue weighted by Crippen LogP contribution is 2.24. The third-order valence-corrected chi connectivity index (χ3v) is 4.88. The molecule has 21 heavy (non-hydrogen) atoms. The fourth-order valence-electron chi connectivity index (χ4n) is 1.62. The number of carbonyl (C=O) groups is 1. The molecule has 9 heteroatoms. The van der Waals surface area contributed by atoms with E-state index in [9.17, 15) is 13.2 Å². The molecule has 2 rings (SSSR count). The van der Waals surface area contributed by atoms with E-state index in [-0.39, 0.29) is 9.92 Å². The lowest BCUT2D eigenvalue weighted by atomic mass is 10.4. The van der Waals surface area contributed by atoms with Gasteiger partial charge in [-0.25, -0.2) is 8.42 Å². The number of aromatic nitrogens is 1. The predicted molar refractivity (Wildman–Crippen MR) is 82.4 cm³/mol. The molecule has 0 fully saturated rings. The van der Waals surface area contributed by atoms with Crippen molar-refractivity contribution in [3.8, 4) is 0 Å². The van der Waals surface area contributed by atoms with Gasteiger partial charge in [-0.15, -0.1) is 4.83 Å². The fraction of sp³-hybridized carbons (Fsp3) is 0.0833. The molecular formula is C12H11BrClN3O3S. The van der Waals surface area contributed by atoms with Crippen LogP contribution in [0.5, 0.6) is 0 Å². The topological polar surface area (TPSA) is 80.2 Å². The molecule has 0 aliphatic carbocycles. The second-order valence-corrected chi connectivity index (χ2v) is 7.11. The molecule has 112 valence electrons. The van der Waals surface area contributed by atoms with Gasteiger partial charge in [0.15, 0.2) is 0 Å². The lowest BCUT2D eigenvalue weighted by molar-refractivity contribution is 0.0937. The summed E-state index contributed by atoms with van der Waals surface area (Å²) < 4.78 is 26.4. The average molecular weight is 393 g/mol. The zero-order valence-electron chi connectivity index (χ0n) is 10.8. The number of hydrazine groups is 1. The Morgan fingerprint density at radius 2 is 2.05 bits per heavy atom. The number of sulfonamides is 1. The van der Waals surface area contributed by atoms with Gasteiger partial charge in [0.25, 0.3) is 15.9 Å². The molecule has 2 N–H and O–H groups in total. The SMILES string of the molecule is Cn1cccc1C(=O)NNS(=O)(=O)c1ccc(Br)cc1Cl. The summed E-state index contributed by atoms with van der Waals surface area (Å²) in [6.45, 7) is 0. The normalized spacial score (nSPS) is 11.4. The molecule has 0 spiro atoms. The minimum absolute atomic E-state index is 0.0463. The molecule has 0 unspecified atom stereocenters. The van der Waals surface area contributed by atoms with Crippen LogP contribution in [0.1, 0.15) is 10.5 Å². The smallest absolute Gasteiger partial charge is 0.282 e. The Bertz CT molecular complexity index is 789. The largest absolute Gasteiger partial charge is 0.347 e. The molecule has 6 nitrogen and oxygen atoms in total. The summed E-state index contributed by atoms with van der Waals surface area (Å²) in [5.74, 6) is -0.570. The summed E-state index contributed by atoms with van der Waals surface area (Å²) in [6.07, 6.45) is 1.68. The lowest BCUT2D eigenvalue weighted by Gasteiger charge is -2.10. The van der Waals surface area contributed by atoms with Crippen molar-refractivity contribution in [1.29, 1.82) is 0 Å². The van der Waals surface area contributed by atoms with Crippen LogP contribution in [0, 0.1) is 0 Å². The Morgan fingerprint density at radius 3 is 2.62 bits per heavy atom. The average Bonchev–Trinajstić information content (AvgIpc) is 2.82. The van der Waals surface area contributed by atoms with E-state index in [4.69, 9.17) is 11.6 Å². The molecule has 0 bridgehead atoms. The van der Waals surface area contributed by atoms with Gasteiger partial charge in [0.2, 0.25) is 0 Å². The molecule has 0 radical (unpaired) electrons. The monoisotopic (exact) mass is 391 g/mol. The predicted octanol–water partition coefficient (Wildman–Crippen LogP) is 2.06. The number of benzene rings is 1. The molecule has 0 aliphatic heterocycles. The van der Waals surface area contributed by atoms with Crippen LogP contribution in [0.25, 0.3) is 0 Å². The molecule has 1 aromatic carbocycles. The van der Waals surface area contributed by atoms with Crippen molar-refractivity contribution in [1.82, 2.24) is 14.8 Å². The second kappa shape index (κ2) is 6.18. The number of rotatable bonds is 4. The highest BCUT2D eigenvalue weighted by atomic mass is 79.9. The van der Waals surface area contributed by atoms with Crippen molar-refractivity contribution in [3.63, 3.8) is 0 Å². The van der Waals surface area contributed by atoms with Gasteiger partial charge in [0, 0.05) is 17.7 Å². The quantitative estimate of drug-likeness (QED) is 0.782. The first kappa shape index (κ1) is 16.0. The van der Waals surface area contributed by atoms with Crippen LogP contribution in [0.2, 0.25) is 5.02 Å². The maximum Gasteiger partial charge on any atom is 0.282 e. The van der Waals surface area contributed by atoms with Crippen LogP contribution >= 0.6 is 27.5 Å². The third kappa shape index (κ3) is 3.65. The van der Waals surface area contributed by atoms with Crippen LogP contribution < -0.4 is 10.3 Å². The van der Waals surface area contributed by atoms with E-state index < -0.39 is 15.9 Å². The Labute approximate surface area is 135 Å². The first-order chi connectivity index (χ1) is 9.81. The summed E-state index contributed by atoms with van der Waals surface area (Å²) in [5.41, 5.74) is 2.46. The molecule has 1 amide bonds. The third-order valence-electron chi connectivity index (χ3n) is 2.66. The summed E-state index contributed by atoms with van der Waals surface area (Å²) in [4.78, 5) is 13.7. The van der Waals surface area contributed by atoms with E-state index in [2.05, 4.69) is 21.4 Å². The molecule has 0 saturated carbocycles. The van der Waals surface area contributed by atoms with Crippen molar-refractivity contribution < 1.29 is 13.2 Å². The van der Waals surface area contributed by atoms with E-state index >= 15 is 0 Å². The van der Waals surface area contributed by atoms with Crippen molar-refractivity contribution in [2.45, 2.75) is 4.90 Å². The Hall–Kier alpha value is -1.35. The van der Waals surface area contributed by atoms with Crippen molar-refractivity contribution in [2.24, 2.45) is 7.05 Å².